The number of sulfonamides is 1. The third-order valence-corrected chi connectivity index (χ3v) is 8.10. The molecular weight excluding hydrogens is 346 g/mol. The first-order valence-corrected chi connectivity index (χ1v) is 10.9. The Bertz CT molecular complexity index is 640. The van der Waals surface area contributed by atoms with Crippen molar-refractivity contribution in [2.24, 2.45) is 5.92 Å². The van der Waals surface area contributed by atoms with Crippen molar-refractivity contribution in [1.82, 2.24) is 14.9 Å². The zero-order valence-electron chi connectivity index (χ0n) is 13.7. The summed E-state index contributed by atoms with van der Waals surface area (Å²) in [7, 11) is -3.55. The van der Waals surface area contributed by atoms with Gasteiger partial charge in [-0.1, -0.05) is 6.07 Å². The third kappa shape index (κ3) is 3.99. The first kappa shape index (κ1) is 17.8. The number of rotatable bonds is 6. The zero-order chi connectivity index (χ0) is 17.0. The molecule has 134 valence electrons. The maximum Gasteiger partial charge on any atom is 0.253 e. The molecule has 0 spiro atoms. The van der Waals surface area contributed by atoms with E-state index in [9.17, 15) is 13.2 Å². The molecular formula is C16H25N3O3S2. The molecule has 2 fully saturated rings. The number of nitrogens with one attached hydrogen (secondary N) is 2. The van der Waals surface area contributed by atoms with Crippen LogP contribution in [0.2, 0.25) is 0 Å². The number of hydrogen-bond acceptors (Lipinski definition) is 5. The van der Waals surface area contributed by atoms with E-state index in [2.05, 4.69) is 10.6 Å². The maximum atomic E-state index is 12.7. The van der Waals surface area contributed by atoms with Gasteiger partial charge < -0.3 is 10.6 Å². The van der Waals surface area contributed by atoms with Crippen molar-refractivity contribution in [1.29, 1.82) is 0 Å². The summed E-state index contributed by atoms with van der Waals surface area (Å²) in [5.41, 5.74) is 0. The number of carbonyl (C=O) groups excluding carboxylic acids is 1. The van der Waals surface area contributed by atoms with Crippen LogP contribution < -0.4 is 10.6 Å². The highest BCUT2D eigenvalue weighted by atomic mass is 32.2. The van der Waals surface area contributed by atoms with Crippen LogP contribution in [0.25, 0.3) is 0 Å². The lowest BCUT2D eigenvalue weighted by atomic mass is 9.96. The Kier molecular flexibility index (Phi) is 5.91. The highest BCUT2D eigenvalue weighted by Crippen LogP contribution is 2.28. The number of carbonyl (C=O) groups is 1. The van der Waals surface area contributed by atoms with Crippen molar-refractivity contribution in [3.8, 4) is 0 Å². The van der Waals surface area contributed by atoms with Gasteiger partial charge in [0.15, 0.2) is 0 Å². The number of thiophene rings is 1. The van der Waals surface area contributed by atoms with Gasteiger partial charge in [-0.05, 0) is 62.6 Å². The molecule has 0 bridgehead atoms. The SMILES string of the molecule is O=C(NCCC1CCCNC1)C1CCCN1S(=O)(=O)c1cccs1. The van der Waals surface area contributed by atoms with Gasteiger partial charge in [0.25, 0.3) is 10.0 Å². The third-order valence-electron chi connectivity index (χ3n) is 4.82. The first-order valence-electron chi connectivity index (χ1n) is 8.63. The molecule has 6 nitrogen and oxygen atoms in total. The topological polar surface area (TPSA) is 78.5 Å². The number of nitrogens with zero attached hydrogens (tertiary/aromatic N) is 1. The van der Waals surface area contributed by atoms with Crippen molar-refractivity contribution in [3.05, 3.63) is 17.5 Å². The second kappa shape index (κ2) is 7.95. The number of hydrogen-bond donors (Lipinski definition) is 2. The van der Waals surface area contributed by atoms with E-state index in [1.165, 1.54) is 28.5 Å². The molecule has 3 heterocycles. The minimum atomic E-state index is -3.55. The molecule has 0 saturated carbocycles. The van der Waals surface area contributed by atoms with Crippen LogP contribution in [0.15, 0.2) is 21.7 Å². The Morgan fingerprint density at radius 2 is 2.25 bits per heavy atom. The van der Waals surface area contributed by atoms with Crippen molar-refractivity contribution in [2.45, 2.75) is 42.4 Å². The molecule has 2 N–H and O–H groups in total. The molecule has 1 aromatic rings. The van der Waals surface area contributed by atoms with Crippen molar-refractivity contribution in [2.75, 3.05) is 26.2 Å². The highest BCUT2D eigenvalue weighted by Gasteiger charge is 2.39. The van der Waals surface area contributed by atoms with Crippen LogP contribution in [-0.2, 0) is 14.8 Å². The van der Waals surface area contributed by atoms with E-state index in [4.69, 9.17) is 0 Å². The Balaban J connectivity index is 1.55. The minimum absolute atomic E-state index is 0.156. The second-order valence-corrected chi connectivity index (χ2v) is 9.56. The summed E-state index contributed by atoms with van der Waals surface area (Å²) in [5.74, 6) is 0.449. The van der Waals surface area contributed by atoms with Crippen LogP contribution >= 0.6 is 11.3 Å². The predicted molar refractivity (Wildman–Crippen MR) is 94.5 cm³/mol. The van der Waals surface area contributed by atoms with E-state index in [1.54, 1.807) is 17.5 Å². The van der Waals surface area contributed by atoms with Gasteiger partial charge in [0, 0.05) is 13.1 Å². The average Bonchev–Trinajstić information content (AvgIpc) is 3.28. The van der Waals surface area contributed by atoms with E-state index >= 15 is 0 Å². The summed E-state index contributed by atoms with van der Waals surface area (Å²) >= 11 is 1.20. The molecule has 2 atom stereocenters. The van der Waals surface area contributed by atoms with Crippen LogP contribution in [0.3, 0.4) is 0 Å². The highest BCUT2D eigenvalue weighted by molar-refractivity contribution is 7.91. The summed E-state index contributed by atoms with van der Waals surface area (Å²) in [6.07, 6.45) is 4.67. The van der Waals surface area contributed by atoms with Gasteiger partial charge in [0.05, 0.1) is 0 Å². The van der Waals surface area contributed by atoms with Gasteiger partial charge in [0.2, 0.25) is 5.91 Å². The summed E-state index contributed by atoms with van der Waals surface area (Å²) in [6.45, 7) is 3.14. The molecule has 8 heteroatoms. The Morgan fingerprint density at radius 1 is 1.38 bits per heavy atom. The van der Waals surface area contributed by atoms with Crippen LogP contribution in [-0.4, -0.2) is 50.9 Å². The quantitative estimate of drug-likeness (QED) is 0.792. The number of piperidine rings is 1. The molecule has 0 aromatic carbocycles. The Morgan fingerprint density at radius 3 is 2.96 bits per heavy atom. The standard InChI is InChI=1S/C16H25N3O3S2/c20-16(18-9-7-13-4-1-8-17-12-13)14-5-2-10-19(14)24(21,22)15-6-3-11-23-15/h3,6,11,13-14,17H,1-2,4-5,7-10,12H2,(H,18,20). The Labute approximate surface area is 147 Å². The van der Waals surface area contributed by atoms with Crippen LogP contribution in [0.1, 0.15) is 32.1 Å². The molecule has 0 aliphatic carbocycles. The summed E-state index contributed by atoms with van der Waals surface area (Å²) in [5, 5.41) is 8.07. The summed E-state index contributed by atoms with van der Waals surface area (Å²) < 4.78 is 27.0. The van der Waals surface area contributed by atoms with E-state index in [0.29, 0.717) is 29.6 Å². The van der Waals surface area contributed by atoms with Crippen LogP contribution in [0.4, 0.5) is 0 Å². The lowest BCUT2D eigenvalue weighted by Gasteiger charge is -2.25. The molecule has 0 radical (unpaired) electrons. The van der Waals surface area contributed by atoms with Crippen LogP contribution in [0, 0.1) is 5.92 Å². The van der Waals surface area contributed by atoms with Gasteiger partial charge >= 0.3 is 0 Å². The fourth-order valence-electron chi connectivity index (χ4n) is 3.50. The first-order chi connectivity index (χ1) is 11.6. The fraction of sp³-hybridized carbons (Fsp3) is 0.688. The van der Waals surface area contributed by atoms with E-state index in [0.717, 1.165) is 25.9 Å². The van der Waals surface area contributed by atoms with E-state index < -0.39 is 16.1 Å². The summed E-state index contributed by atoms with van der Waals surface area (Å²) in [4.78, 5) is 12.5. The van der Waals surface area contributed by atoms with Crippen molar-refractivity contribution >= 4 is 27.3 Å². The summed E-state index contributed by atoms with van der Waals surface area (Å²) in [6, 6.07) is 2.76. The van der Waals surface area contributed by atoms with Gasteiger partial charge in [-0.3, -0.25) is 4.79 Å². The zero-order valence-corrected chi connectivity index (χ0v) is 15.4. The Hall–Kier alpha value is -0.960. The monoisotopic (exact) mass is 371 g/mol. The molecule has 2 unspecified atom stereocenters. The van der Waals surface area contributed by atoms with Gasteiger partial charge in [-0.15, -0.1) is 11.3 Å². The molecule has 2 aliphatic heterocycles. The van der Waals surface area contributed by atoms with E-state index in [-0.39, 0.29) is 5.91 Å². The van der Waals surface area contributed by atoms with Gasteiger partial charge in [-0.2, -0.15) is 4.31 Å². The van der Waals surface area contributed by atoms with E-state index in [1.807, 2.05) is 0 Å². The molecule has 24 heavy (non-hydrogen) atoms. The minimum Gasteiger partial charge on any atom is -0.355 e. The molecule has 1 aromatic heterocycles. The fourth-order valence-corrected chi connectivity index (χ4v) is 6.28. The van der Waals surface area contributed by atoms with Crippen molar-refractivity contribution in [3.63, 3.8) is 0 Å². The van der Waals surface area contributed by atoms with Gasteiger partial charge in [0.1, 0.15) is 10.3 Å². The molecule has 2 saturated heterocycles. The average molecular weight is 372 g/mol. The molecule has 1 amide bonds. The lowest BCUT2D eigenvalue weighted by Crippen LogP contribution is -2.46. The van der Waals surface area contributed by atoms with Crippen molar-refractivity contribution < 1.29 is 13.2 Å². The van der Waals surface area contributed by atoms with Gasteiger partial charge in [-0.25, -0.2) is 8.42 Å². The maximum absolute atomic E-state index is 12.7. The normalized spacial score (nSPS) is 25.7. The number of amides is 1. The smallest absolute Gasteiger partial charge is 0.253 e. The predicted octanol–water partition coefficient (Wildman–Crippen LogP) is 1.41. The molecule has 3 rings (SSSR count). The van der Waals surface area contributed by atoms with Crippen LogP contribution in [0.5, 0.6) is 0 Å². The second-order valence-electron chi connectivity index (χ2n) is 6.50. The molecule has 2 aliphatic rings. The largest absolute Gasteiger partial charge is 0.355 e. The lowest BCUT2D eigenvalue weighted by molar-refractivity contribution is -0.124.